The van der Waals surface area contributed by atoms with Crippen molar-refractivity contribution in [3.63, 3.8) is 0 Å². The maximum atomic E-state index is 12.9. The summed E-state index contributed by atoms with van der Waals surface area (Å²) in [6.07, 6.45) is 0. The minimum atomic E-state index is -0.257. The molecule has 3 rings (SSSR count). The van der Waals surface area contributed by atoms with Crippen molar-refractivity contribution in [3.8, 4) is 0 Å². The summed E-state index contributed by atoms with van der Waals surface area (Å²) in [6.45, 7) is 10.4. The van der Waals surface area contributed by atoms with Crippen LogP contribution in [0, 0.1) is 6.92 Å². The summed E-state index contributed by atoms with van der Waals surface area (Å²) in [4.78, 5) is 26.6. The Balaban J connectivity index is 1.68. The highest BCUT2D eigenvalue weighted by Crippen LogP contribution is 2.26. The molecule has 160 valence electrons. The molecule has 3 nitrogen and oxygen atoms in total. The summed E-state index contributed by atoms with van der Waals surface area (Å²) in [7, 11) is 0. The smallest absolute Gasteiger partial charge is 0.237 e. The average Bonchev–Trinajstić information content (AvgIpc) is 2.74. The molecule has 0 fully saturated rings. The number of benzene rings is 3. The lowest BCUT2D eigenvalue weighted by Gasteiger charge is -2.19. The first kappa shape index (κ1) is 22.8. The second-order valence-electron chi connectivity index (χ2n) is 8.80. The summed E-state index contributed by atoms with van der Waals surface area (Å²) < 4.78 is 0. The van der Waals surface area contributed by atoms with E-state index in [-0.39, 0.29) is 22.4 Å². The molecule has 1 unspecified atom stereocenters. The second kappa shape index (κ2) is 9.52. The van der Waals surface area contributed by atoms with Crippen LogP contribution in [0.1, 0.15) is 54.7 Å². The van der Waals surface area contributed by atoms with Gasteiger partial charge in [-0.2, -0.15) is 0 Å². The van der Waals surface area contributed by atoms with Gasteiger partial charge in [-0.25, -0.2) is 0 Å². The van der Waals surface area contributed by atoms with Gasteiger partial charge in [-0.3, -0.25) is 9.59 Å². The van der Waals surface area contributed by atoms with E-state index >= 15 is 0 Å². The highest BCUT2D eigenvalue weighted by Gasteiger charge is 2.17. The number of carbonyl (C=O) groups is 2. The molecule has 1 N–H and O–H groups in total. The van der Waals surface area contributed by atoms with Crippen LogP contribution in [-0.4, -0.2) is 16.9 Å². The lowest BCUT2D eigenvalue weighted by molar-refractivity contribution is -0.115. The molecule has 0 aliphatic heterocycles. The minimum absolute atomic E-state index is 0.0407. The molecule has 1 amide bonds. The lowest BCUT2D eigenvalue weighted by Crippen LogP contribution is -2.22. The van der Waals surface area contributed by atoms with Gasteiger partial charge in [0.05, 0.1) is 5.25 Å². The Labute approximate surface area is 189 Å². The Morgan fingerprint density at radius 3 is 2.13 bits per heavy atom. The van der Waals surface area contributed by atoms with Crippen molar-refractivity contribution in [1.82, 2.24) is 0 Å². The molecule has 1 atom stereocenters. The van der Waals surface area contributed by atoms with Gasteiger partial charge in [0.2, 0.25) is 5.91 Å². The quantitative estimate of drug-likeness (QED) is 0.351. The molecule has 0 saturated heterocycles. The largest absolute Gasteiger partial charge is 0.325 e. The van der Waals surface area contributed by atoms with E-state index in [9.17, 15) is 9.59 Å². The van der Waals surface area contributed by atoms with Gasteiger partial charge in [-0.1, -0.05) is 74.9 Å². The van der Waals surface area contributed by atoms with Crippen LogP contribution in [0.2, 0.25) is 0 Å². The zero-order chi connectivity index (χ0) is 22.6. The number of carbonyl (C=O) groups excluding carboxylic acids is 2. The number of hydrogen-bond donors (Lipinski definition) is 1. The summed E-state index contributed by atoms with van der Waals surface area (Å²) in [5, 5.41) is 2.68. The third-order valence-electron chi connectivity index (χ3n) is 5.11. The SMILES string of the molecule is Cc1ccc(SC(C)C(=O)Nc2cccc(C(=O)c3ccc(C(C)(C)C)cc3)c2)cc1. The van der Waals surface area contributed by atoms with Crippen LogP contribution in [0.15, 0.2) is 77.7 Å². The number of aryl methyl sites for hydroxylation is 1. The Hall–Kier alpha value is -2.85. The van der Waals surface area contributed by atoms with E-state index in [0.29, 0.717) is 16.8 Å². The first-order valence-corrected chi connectivity index (χ1v) is 11.3. The van der Waals surface area contributed by atoms with Gasteiger partial charge in [0.1, 0.15) is 0 Å². The zero-order valence-electron chi connectivity index (χ0n) is 18.7. The van der Waals surface area contributed by atoms with Crippen LogP contribution in [-0.2, 0) is 10.2 Å². The monoisotopic (exact) mass is 431 g/mol. The van der Waals surface area contributed by atoms with Crippen LogP contribution in [0.5, 0.6) is 0 Å². The second-order valence-corrected chi connectivity index (χ2v) is 10.2. The third-order valence-corrected chi connectivity index (χ3v) is 6.22. The Kier molecular flexibility index (Phi) is 7.01. The van der Waals surface area contributed by atoms with Gasteiger partial charge in [-0.05, 0) is 49.1 Å². The van der Waals surface area contributed by atoms with Crippen LogP contribution in [0.3, 0.4) is 0 Å². The van der Waals surface area contributed by atoms with Crippen molar-refractivity contribution >= 4 is 29.1 Å². The molecular formula is C27H29NO2S. The molecule has 0 aromatic heterocycles. The van der Waals surface area contributed by atoms with Crippen molar-refractivity contribution in [3.05, 3.63) is 95.1 Å². The third kappa shape index (κ3) is 6.08. The first-order valence-electron chi connectivity index (χ1n) is 10.4. The van der Waals surface area contributed by atoms with Gasteiger partial charge in [0.25, 0.3) is 0 Å². The zero-order valence-corrected chi connectivity index (χ0v) is 19.5. The number of ketones is 1. The standard InChI is InChI=1S/C27H29NO2S/c1-18-9-15-24(16-10-18)31-19(2)26(30)28-23-8-6-7-21(17-23)25(29)20-11-13-22(14-12-20)27(3,4)5/h6-17,19H,1-5H3,(H,28,30). The molecule has 0 heterocycles. The van der Waals surface area contributed by atoms with Crippen molar-refractivity contribution in [1.29, 1.82) is 0 Å². The molecular weight excluding hydrogens is 402 g/mol. The van der Waals surface area contributed by atoms with E-state index in [1.807, 2.05) is 62.4 Å². The Bertz CT molecular complexity index is 1060. The molecule has 31 heavy (non-hydrogen) atoms. The van der Waals surface area contributed by atoms with Gasteiger partial charge >= 0.3 is 0 Å². The summed E-state index contributed by atoms with van der Waals surface area (Å²) >= 11 is 1.51. The molecule has 0 aliphatic carbocycles. The van der Waals surface area contributed by atoms with Crippen LogP contribution < -0.4 is 5.32 Å². The van der Waals surface area contributed by atoms with Crippen LogP contribution in [0.4, 0.5) is 5.69 Å². The summed E-state index contributed by atoms with van der Waals surface area (Å²) in [5.41, 5.74) is 4.23. The lowest BCUT2D eigenvalue weighted by atomic mass is 9.86. The highest BCUT2D eigenvalue weighted by molar-refractivity contribution is 8.00. The molecule has 4 heteroatoms. The molecule has 0 aliphatic rings. The van der Waals surface area contributed by atoms with E-state index in [2.05, 4.69) is 26.1 Å². The normalized spacial score (nSPS) is 12.3. The number of amides is 1. The molecule has 0 spiro atoms. The predicted octanol–water partition coefficient (Wildman–Crippen LogP) is 6.64. The number of rotatable bonds is 6. The van der Waals surface area contributed by atoms with Gasteiger partial charge in [0.15, 0.2) is 5.78 Å². The van der Waals surface area contributed by atoms with E-state index in [0.717, 1.165) is 4.90 Å². The van der Waals surface area contributed by atoms with E-state index < -0.39 is 0 Å². The van der Waals surface area contributed by atoms with Gasteiger partial charge < -0.3 is 5.32 Å². The number of thioether (sulfide) groups is 1. The predicted molar refractivity (Wildman–Crippen MR) is 130 cm³/mol. The Morgan fingerprint density at radius 1 is 0.871 bits per heavy atom. The summed E-state index contributed by atoms with van der Waals surface area (Å²) in [6, 6.07) is 23.0. The van der Waals surface area contributed by atoms with Crippen LogP contribution in [0.25, 0.3) is 0 Å². The van der Waals surface area contributed by atoms with Gasteiger partial charge in [-0.15, -0.1) is 11.8 Å². The maximum absolute atomic E-state index is 12.9. The van der Waals surface area contributed by atoms with Gasteiger partial charge in [0, 0.05) is 21.7 Å². The van der Waals surface area contributed by atoms with Crippen LogP contribution >= 0.6 is 11.8 Å². The number of nitrogens with one attached hydrogen (secondary N) is 1. The fourth-order valence-electron chi connectivity index (χ4n) is 3.14. The summed E-state index contributed by atoms with van der Waals surface area (Å²) in [5.74, 6) is -0.150. The average molecular weight is 432 g/mol. The van der Waals surface area contributed by atoms with E-state index in [4.69, 9.17) is 0 Å². The van der Waals surface area contributed by atoms with E-state index in [1.165, 1.54) is 22.9 Å². The van der Waals surface area contributed by atoms with Crippen molar-refractivity contribution in [2.45, 2.75) is 50.2 Å². The van der Waals surface area contributed by atoms with Crippen molar-refractivity contribution in [2.24, 2.45) is 0 Å². The Morgan fingerprint density at radius 2 is 1.52 bits per heavy atom. The molecule has 0 radical (unpaired) electrons. The molecule has 0 bridgehead atoms. The van der Waals surface area contributed by atoms with E-state index in [1.54, 1.807) is 24.3 Å². The highest BCUT2D eigenvalue weighted by atomic mass is 32.2. The first-order chi connectivity index (χ1) is 14.6. The molecule has 3 aromatic carbocycles. The fourth-order valence-corrected chi connectivity index (χ4v) is 4.01. The topological polar surface area (TPSA) is 46.2 Å². The molecule has 0 saturated carbocycles. The maximum Gasteiger partial charge on any atom is 0.237 e. The fraction of sp³-hybridized carbons (Fsp3) is 0.259. The number of hydrogen-bond acceptors (Lipinski definition) is 3. The minimum Gasteiger partial charge on any atom is -0.325 e. The van der Waals surface area contributed by atoms with Crippen molar-refractivity contribution in [2.75, 3.05) is 5.32 Å². The van der Waals surface area contributed by atoms with Crippen molar-refractivity contribution < 1.29 is 9.59 Å². The number of anilines is 1. The molecule has 3 aromatic rings.